The van der Waals surface area contributed by atoms with Gasteiger partial charge >= 0.3 is 0 Å². The first-order chi connectivity index (χ1) is 7.00. The predicted molar refractivity (Wildman–Crippen MR) is 62.9 cm³/mol. The maximum absolute atomic E-state index is 3.21. The Labute approximate surface area is 87.7 Å². The van der Waals surface area contributed by atoms with Gasteiger partial charge in [-0.3, -0.25) is 0 Å². The highest BCUT2D eigenvalue weighted by atomic mass is 13.9. The molecule has 0 aromatic rings. The summed E-state index contributed by atoms with van der Waals surface area (Å²) in [5, 5.41) is 0. The van der Waals surface area contributed by atoms with E-state index in [4.69, 9.17) is 0 Å². The van der Waals surface area contributed by atoms with Crippen LogP contribution in [0.25, 0.3) is 0 Å². The second-order valence-electron chi connectivity index (χ2n) is 3.50. The molecule has 1 radical (unpaired) electrons. The summed E-state index contributed by atoms with van der Waals surface area (Å²) >= 11 is 0. The summed E-state index contributed by atoms with van der Waals surface area (Å²) in [7, 11) is 0. The van der Waals surface area contributed by atoms with Crippen LogP contribution in [0.3, 0.4) is 0 Å². The minimum Gasteiger partial charge on any atom is -0.0845 e. The third-order valence-electron chi connectivity index (χ3n) is 2.21. The first-order valence-electron chi connectivity index (χ1n) is 5.53. The van der Waals surface area contributed by atoms with Crippen LogP contribution in [0.5, 0.6) is 0 Å². The Bertz CT molecular complexity index is 204. The third kappa shape index (κ3) is 6.47. The second kappa shape index (κ2) is 8.55. The molecule has 0 fully saturated rings. The predicted octanol–water partition coefficient (Wildman–Crippen LogP) is 4.37. The summed E-state index contributed by atoms with van der Waals surface area (Å²) in [6, 6.07) is 0. The van der Waals surface area contributed by atoms with Gasteiger partial charge in [0, 0.05) is 0 Å². The van der Waals surface area contributed by atoms with E-state index in [0.29, 0.717) is 0 Å². The molecule has 14 heavy (non-hydrogen) atoms. The fourth-order valence-electron chi connectivity index (χ4n) is 1.39. The molecule has 1 aliphatic carbocycles. The smallest absolute Gasteiger partial charge is 0.00915 e. The largest absolute Gasteiger partial charge is 0.0845 e. The molecule has 0 saturated carbocycles. The van der Waals surface area contributed by atoms with Crippen LogP contribution in [-0.2, 0) is 0 Å². The van der Waals surface area contributed by atoms with Crippen LogP contribution >= 0.6 is 0 Å². The molecule has 0 heteroatoms. The molecule has 75 valence electrons. The third-order valence-corrected chi connectivity index (χ3v) is 2.21. The average molecular weight is 187 g/mol. The lowest BCUT2D eigenvalue weighted by atomic mass is 10.1. The molecule has 0 amide bonds. The van der Waals surface area contributed by atoms with E-state index in [1.54, 1.807) is 0 Å². The van der Waals surface area contributed by atoms with Gasteiger partial charge in [0.1, 0.15) is 0 Å². The number of allylic oxidation sites excluding steroid dienone is 8. The van der Waals surface area contributed by atoms with E-state index in [0.717, 1.165) is 6.42 Å². The molecule has 0 heterocycles. The molecule has 0 atom stereocenters. The molecule has 0 aromatic carbocycles. The highest BCUT2D eigenvalue weighted by Crippen LogP contribution is 2.05. The summed E-state index contributed by atoms with van der Waals surface area (Å²) in [5.74, 6) is 0. The minimum atomic E-state index is 0.911. The van der Waals surface area contributed by atoms with E-state index in [2.05, 4.69) is 42.5 Å². The van der Waals surface area contributed by atoms with Crippen molar-refractivity contribution in [1.82, 2.24) is 0 Å². The highest BCUT2D eigenvalue weighted by molar-refractivity contribution is 5.06. The first-order valence-corrected chi connectivity index (χ1v) is 5.53. The zero-order valence-corrected chi connectivity index (χ0v) is 8.78. The Morgan fingerprint density at radius 1 is 0.714 bits per heavy atom. The molecule has 0 unspecified atom stereocenters. The van der Waals surface area contributed by atoms with Gasteiger partial charge in [0.15, 0.2) is 0 Å². The van der Waals surface area contributed by atoms with Gasteiger partial charge in [0.25, 0.3) is 0 Å². The molecular formula is C14H19. The fraction of sp³-hybridized carbons (Fsp3) is 0.429. The zero-order chi connectivity index (χ0) is 9.90. The van der Waals surface area contributed by atoms with E-state index in [9.17, 15) is 0 Å². The lowest BCUT2D eigenvalue weighted by Crippen LogP contribution is -1.74. The van der Waals surface area contributed by atoms with Crippen molar-refractivity contribution in [2.75, 3.05) is 0 Å². The van der Waals surface area contributed by atoms with Crippen LogP contribution in [0.2, 0.25) is 0 Å². The van der Waals surface area contributed by atoms with Crippen molar-refractivity contribution in [2.24, 2.45) is 0 Å². The average Bonchev–Trinajstić information content (AvgIpc) is 2.22. The molecule has 0 aliphatic heterocycles. The summed E-state index contributed by atoms with van der Waals surface area (Å²) < 4.78 is 0. The Kier molecular flexibility index (Phi) is 6.74. The number of hydrogen-bond acceptors (Lipinski definition) is 0. The Balaban J connectivity index is 2.35. The van der Waals surface area contributed by atoms with Crippen molar-refractivity contribution in [1.29, 1.82) is 0 Å². The van der Waals surface area contributed by atoms with Crippen molar-refractivity contribution >= 4 is 0 Å². The van der Waals surface area contributed by atoms with Gasteiger partial charge in [0.05, 0.1) is 0 Å². The maximum atomic E-state index is 3.21. The topological polar surface area (TPSA) is 0 Å². The van der Waals surface area contributed by atoms with Crippen LogP contribution in [-0.4, -0.2) is 0 Å². The van der Waals surface area contributed by atoms with Gasteiger partial charge in [-0.25, -0.2) is 0 Å². The molecule has 0 N–H and O–H groups in total. The van der Waals surface area contributed by atoms with Gasteiger partial charge in [0.2, 0.25) is 0 Å². The highest BCUT2D eigenvalue weighted by Gasteiger charge is 1.85. The van der Waals surface area contributed by atoms with Crippen LogP contribution < -0.4 is 0 Å². The van der Waals surface area contributed by atoms with E-state index in [1.807, 2.05) is 6.08 Å². The van der Waals surface area contributed by atoms with E-state index in [1.165, 1.54) is 32.1 Å². The van der Waals surface area contributed by atoms with E-state index < -0.39 is 0 Å². The van der Waals surface area contributed by atoms with Crippen molar-refractivity contribution in [3.05, 3.63) is 48.6 Å². The fourth-order valence-corrected chi connectivity index (χ4v) is 1.39. The van der Waals surface area contributed by atoms with Gasteiger partial charge in [-0.05, 0) is 38.2 Å². The summed E-state index contributed by atoms with van der Waals surface area (Å²) in [5.41, 5.74) is 0. The molecule has 0 saturated heterocycles. The molecule has 0 spiro atoms. The standard InChI is InChI=1S/C14H19/c1-2-4-6-8-10-12-14-13-11-9-7-5-3-1/h1-4,10,12,14H,5-7,9,11,13H2/b3-1-,4-2+,10-8?,14-12-. The van der Waals surface area contributed by atoms with E-state index in [-0.39, 0.29) is 0 Å². The summed E-state index contributed by atoms with van der Waals surface area (Å²) in [6.07, 6.45) is 25.5. The monoisotopic (exact) mass is 187 g/mol. The van der Waals surface area contributed by atoms with Gasteiger partial charge in [-0.15, -0.1) is 0 Å². The van der Waals surface area contributed by atoms with Crippen molar-refractivity contribution in [3.8, 4) is 0 Å². The molecule has 1 rings (SSSR count). The number of rotatable bonds is 0. The lowest BCUT2D eigenvalue weighted by Gasteiger charge is -1.94. The SMILES string of the molecule is [C]1=C/C=C\CCCCC/C=C\C=C\C/1. The lowest BCUT2D eigenvalue weighted by molar-refractivity contribution is 0.696. The Morgan fingerprint density at radius 2 is 1.43 bits per heavy atom. The van der Waals surface area contributed by atoms with Gasteiger partial charge in [-0.1, -0.05) is 49.0 Å². The summed E-state index contributed by atoms with van der Waals surface area (Å²) in [6.45, 7) is 0. The Morgan fingerprint density at radius 3 is 2.29 bits per heavy atom. The van der Waals surface area contributed by atoms with Gasteiger partial charge in [-0.2, -0.15) is 0 Å². The summed E-state index contributed by atoms with van der Waals surface area (Å²) in [4.78, 5) is 0. The van der Waals surface area contributed by atoms with Crippen LogP contribution in [0.4, 0.5) is 0 Å². The molecule has 0 nitrogen and oxygen atoms in total. The molecular weight excluding hydrogens is 168 g/mol. The molecule has 1 aliphatic rings. The first kappa shape index (κ1) is 11.0. The molecule has 0 bridgehead atoms. The molecule has 0 aromatic heterocycles. The minimum absolute atomic E-state index is 0.911. The Hall–Kier alpha value is -1.04. The van der Waals surface area contributed by atoms with Crippen LogP contribution in [0.15, 0.2) is 42.5 Å². The normalized spacial score (nSPS) is 28.6. The van der Waals surface area contributed by atoms with Crippen molar-refractivity contribution < 1.29 is 0 Å². The van der Waals surface area contributed by atoms with Crippen LogP contribution in [0, 0.1) is 6.08 Å². The number of hydrogen-bond donors (Lipinski definition) is 0. The van der Waals surface area contributed by atoms with Gasteiger partial charge < -0.3 is 0 Å². The van der Waals surface area contributed by atoms with Crippen molar-refractivity contribution in [2.45, 2.75) is 38.5 Å². The maximum Gasteiger partial charge on any atom is -0.00915 e. The van der Waals surface area contributed by atoms with Crippen LogP contribution in [0.1, 0.15) is 38.5 Å². The van der Waals surface area contributed by atoms with E-state index >= 15 is 0 Å². The second-order valence-corrected chi connectivity index (χ2v) is 3.50. The quantitative estimate of drug-likeness (QED) is 0.528. The van der Waals surface area contributed by atoms with Crippen molar-refractivity contribution in [3.63, 3.8) is 0 Å². The zero-order valence-electron chi connectivity index (χ0n) is 8.78.